The molecule has 0 aromatic carbocycles. The Morgan fingerprint density at radius 1 is 1.14 bits per heavy atom. The summed E-state index contributed by atoms with van der Waals surface area (Å²) in [5.41, 5.74) is 7.41. The van der Waals surface area contributed by atoms with Crippen LogP contribution in [0.3, 0.4) is 0 Å². The number of carbonyl (C=O) groups is 2. The Balaban J connectivity index is 1.23. The minimum absolute atomic E-state index is 0.0426. The zero-order valence-electron chi connectivity index (χ0n) is 20.5. The number of rotatable bonds is 9. The van der Waals surface area contributed by atoms with Gasteiger partial charge in [-0.3, -0.25) is 9.59 Å². The van der Waals surface area contributed by atoms with Crippen molar-refractivity contribution in [3.63, 3.8) is 0 Å². The van der Waals surface area contributed by atoms with Crippen LogP contribution in [0, 0.1) is 0 Å². The first-order chi connectivity index (χ1) is 17.7. The van der Waals surface area contributed by atoms with E-state index in [2.05, 4.69) is 15.4 Å². The summed E-state index contributed by atoms with van der Waals surface area (Å²) in [6.45, 7) is 0.0958. The molecule has 2 saturated carbocycles. The van der Waals surface area contributed by atoms with Gasteiger partial charge in [-0.1, -0.05) is 0 Å². The van der Waals surface area contributed by atoms with Crippen molar-refractivity contribution in [2.45, 2.75) is 69.4 Å². The number of hydrogen-bond acceptors (Lipinski definition) is 6. The van der Waals surface area contributed by atoms with Crippen LogP contribution in [0.1, 0.15) is 77.8 Å². The third-order valence-electron chi connectivity index (χ3n) is 6.69. The lowest BCUT2D eigenvalue weighted by Crippen LogP contribution is -2.39. The molecule has 3 aromatic rings. The van der Waals surface area contributed by atoms with Crippen molar-refractivity contribution in [3.8, 4) is 11.6 Å². The monoisotopic (exact) mass is 513 g/mol. The Morgan fingerprint density at radius 3 is 2.57 bits per heavy atom. The number of nitrogens with one attached hydrogen (secondary N) is 1. The van der Waals surface area contributed by atoms with Crippen LogP contribution in [0.4, 0.5) is 8.78 Å². The third-order valence-corrected chi connectivity index (χ3v) is 6.69. The number of primary amides is 1. The first-order valence-corrected chi connectivity index (χ1v) is 12.4. The molecule has 5 rings (SSSR count). The van der Waals surface area contributed by atoms with E-state index in [0.717, 1.165) is 25.5 Å². The van der Waals surface area contributed by atoms with Crippen LogP contribution >= 0.6 is 0 Å². The van der Waals surface area contributed by atoms with E-state index in [4.69, 9.17) is 15.2 Å². The molecule has 9 nitrogen and oxygen atoms in total. The fourth-order valence-corrected chi connectivity index (χ4v) is 4.71. The highest BCUT2D eigenvalue weighted by molar-refractivity contribution is 6.01. The number of aromatic nitrogens is 3. The highest BCUT2D eigenvalue weighted by atomic mass is 19.3. The Morgan fingerprint density at radius 2 is 1.89 bits per heavy atom. The quantitative estimate of drug-likeness (QED) is 0.448. The minimum Gasteiger partial charge on any atom is -0.485 e. The standard InChI is InChI=1S/C26H29F2N5O4/c1-26(27,28)14-36-21-11-10-20-19(13-31-33(20)22(21)15-4-5-15)24(35)32-16-6-8-17(9-7-16)37-25-18(23(29)34)3-2-12-30-25/h2-3,10-13,15-17H,4-9,14H2,1H3,(H2,29,34)(H,32,35)/t16-,17-. The van der Waals surface area contributed by atoms with Crippen LogP contribution in [0.25, 0.3) is 5.52 Å². The van der Waals surface area contributed by atoms with Gasteiger partial charge in [0.05, 0.1) is 23.0 Å². The van der Waals surface area contributed by atoms with Gasteiger partial charge in [0.25, 0.3) is 17.7 Å². The summed E-state index contributed by atoms with van der Waals surface area (Å²) in [7, 11) is 0. The summed E-state index contributed by atoms with van der Waals surface area (Å²) in [4.78, 5) is 28.9. The lowest BCUT2D eigenvalue weighted by atomic mass is 9.92. The number of amides is 2. The maximum atomic E-state index is 13.4. The summed E-state index contributed by atoms with van der Waals surface area (Å²) in [5, 5.41) is 7.49. The lowest BCUT2D eigenvalue weighted by molar-refractivity contribution is -0.0233. The summed E-state index contributed by atoms with van der Waals surface area (Å²) >= 11 is 0. The Bertz CT molecular complexity index is 1310. The molecule has 37 heavy (non-hydrogen) atoms. The van der Waals surface area contributed by atoms with E-state index >= 15 is 0 Å². The second kappa shape index (κ2) is 9.95. The topological polar surface area (TPSA) is 121 Å². The number of ether oxygens (including phenoxy) is 2. The molecule has 0 spiro atoms. The van der Waals surface area contributed by atoms with Crippen LogP contribution < -0.4 is 20.5 Å². The van der Waals surface area contributed by atoms with Crippen molar-refractivity contribution in [3.05, 3.63) is 53.5 Å². The molecule has 2 amide bonds. The molecule has 0 bridgehead atoms. The number of alkyl halides is 2. The molecule has 0 radical (unpaired) electrons. The van der Waals surface area contributed by atoms with E-state index in [9.17, 15) is 18.4 Å². The number of fused-ring (bicyclic) bond motifs is 1. The van der Waals surface area contributed by atoms with E-state index in [1.807, 2.05) is 0 Å². The lowest BCUT2D eigenvalue weighted by Gasteiger charge is -2.29. The number of pyridine rings is 2. The van der Waals surface area contributed by atoms with Gasteiger partial charge in [-0.25, -0.2) is 18.3 Å². The van der Waals surface area contributed by atoms with Crippen molar-refractivity contribution in [2.75, 3.05) is 6.61 Å². The molecule has 0 atom stereocenters. The zero-order valence-corrected chi connectivity index (χ0v) is 20.5. The molecule has 11 heteroatoms. The van der Waals surface area contributed by atoms with Gasteiger partial charge in [0.15, 0.2) is 6.61 Å². The molecule has 2 fully saturated rings. The average molecular weight is 514 g/mol. The molecule has 0 unspecified atom stereocenters. The van der Waals surface area contributed by atoms with Gasteiger partial charge in [-0.05, 0) is 62.8 Å². The normalized spacial score (nSPS) is 20.0. The molecule has 196 valence electrons. The number of carbonyl (C=O) groups excluding carboxylic acids is 2. The number of nitrogens with zero attached hydrogens (tertiary/aromatic N) is 3. The Kier molecular flexibility index (Phi) is 6.70. The van der Waals surface area contributed by atoms with Crippen LogP contribution in [0.5, 0.6) is 11.6 Å². The molecule has 3 N–H and O–H groups in total. The average Bonchev–Trinajstić information content (AvgIpc) is 3.61. The third kappa shape index (κ3) is 5.65. The van der Waals surface area contributed by atoms with Gasteiger partial charge in [0.2, 0.25) is 5.88 Å². The maximum absolute atomic E-state index is 13.4. The molecule has 0 saturated heterocycles. The van der Waals surface area contributed by atoms with Gasteiger partial charge in [0, 0.05) is 25.1 Å². The predicted molar refractivity (Wildman–Crippen MR) is 130 cm³/mol. The van der Waals surface area contributed by atoms with Crippen molar-refractivity contribution in [2.24, 2.45) is 5.73 Å². The van der Waals surface area contributed by atoms with Gasteiger partial charge in [-0.2, -0.15) is 5.10 Å². The minimum atomic E-state index is -2.95. The summed E-state index contributed by atoms with van der Waals surface area (Å²) < 4.78 is 39.7. The smallest absolute Gasteiger partial charge is 0.278 e. The molecular weight excluding hydrogens is 484 g/mol. The van der Waals surface area contributed by atoms with Crippen LogP contribution in [-0.2, 0) is 0 Å². The molecule has 3 heterocycles. The predicted octanol–water partition coefficient (Wildman–Crippen LogP) is 3.86. The second-order valence-electron chi connectivity index (χ2n) is 9.86. The largest absolute Gasteiger partial charge is 0.485 e. The Hall–Kier alpha value is -3.76. The first kappa shape index (κ1) is 24.9. The van der Waals surface area contributed by atoms with E-state index in [0.29, 0.717) is 42.5 Å². The second-order valence-corrected chi connectivity index (χ2v) is 9.86. The molecular formula is C26H29F2N5O4. The van der Waals surface area contributed by atoms with E-state index in [1.54, 1.807) is 35.0 Å². The van der Waals surface area contributed by atoms with Crippen LogP contribution in [0.2, 0.25) is 0 Å². The zero-order chi connectivity index (χ0) is 26.2. The van der Waals surface area contributed by atoms with Crippen molar-refractivity contribution < 1.29 is 27.8 Å². The fraction of sp³-hybridized carbons (Fsp3) is 0.462. The highest BCUT2D eigenvalue weighted by Gasteiger charge is 2.33. The SMILES string of the molecule is CC(F)(F)COc1ccc2c(C(=O)N[C@H]3CC[C@H](Oc4ncccc4C(N)=O)CC3)cnn2c1C1CC1. The van der Waals surface area contributed by atoms with E-state index in [-0.39, 0.29) is 35.4 Å². The number of hydrogen-bond donors (Lipinski definition) is 2. The summed E-state index contributed by atoms with van der Waals surface area (Å²) in [6.07, 6.45) is 7.53. The van der Waals surface area contributed by atoms with Gasteiger partial charge in [0.1, 0.15) is 17.4 Å². The Labute approximate surface area is 212 Å². The molecule has 2 aliphatic carbocycles. The molecule has 3 aromatic heterocycles. The van der Waals surface area contributed by atoms with E-state index in [1.165, 1.54) is 6.20 Å². The van der Waals surface area contributed by atoms with Crippen molar-refractivity contribution in [1.82, 2.24) is 19.9 Å². The van der Waals surface area contributed by atoms with Gasteiger partial charge < -0.3 is 20.5 Å². The van der Waals surface area contributed by atoms with Crippen LogP contribution in [0.15, 0.2) is 36.7 Å². The summed E-state index contributed by atoms with van der Waals surface area (Å²) in [6, 6.07) is 6.50. The molecule has 0 aliphatic heterocycles. The number of nitrogens with two attached hydrogens (primary N) is 1. The number of halogens is 2. The van der Waals surface area contributed by atoms with Crippen molar-refractivity contribution >= 4 is 17.3 Å². The fourth-order valence-electron chi connectivity index (χ4n) is 4.71. The first-order valence-electron chi connectivity index (χ1n) is 12.4. The van der Waals surface area contributed by atoms with E-state index < -0.39 is 18.4 Å². The van der Waals surface area contributed by atoms with Gasteiger partial charge in [-0.15, -0.1) is 0 Å². The highest BCUT2D eigenvalue weighted by Crippen LogP contribution is 2.44. The van der Waals surface area contributed by atoms with Crippen molar-refractivity contribution in [1.29, 1.82) is 0 Å². The van der Waals surface area contributed by atoms with Gasteiger partial charge >= 0.3 is 0 Å². The maximum Gasteiger partial charge on any atom is 0.278 e. The molecule has 2 aliphatic rings. The van der Waals surface area contributed by atoms with Crippen LogP contribution in [-0.4, -0.2) is 51.1 Å². The summed E-state index contributed by atoms with van der Waals surface area (Å²) in [5.74, 6) is -3.01.